The summed E-state index contributed by atoms with van der Waals surface area (Å²) in [5, 5.41) is 11.5. The number of rotatable bonds is 6. The highest BCUT2D eigenvalue weighted by molar-refractivity contribution is 7.14. The van der Waals surface area contributed by atoms with Crippen LogP contribution in [0.3, 0.4) is 0 Å². The second kappa shape index (κ2) is 7.28. The second-order valence-electron chi connectivity index (χ2n) is 6.02. The topological polar surface area (TPSA) is 98.5 Å². The molecule has 0 bridgehead atoms. The maximum atomic E-state index is 12.5. The number of carbonyl (C=O) groups excluding carboxylic acids is 1. The predicted octanol–water partition coefficient (Wildman–Crippen LogP) is 4.34. The van der Waals surface area contributed by atoms with E-state index >= 15 is 0 Å². The minimum Gasteiger partial charge on any atom is -0.493 e. The van der Waals surface area contributed by atoms with Crippen molar-refractivity contribution in [2.45, 2.75) is 18.8 Å². The number of benzene rings is 1. The summed E-state index contributed by atoms with van der Waals surface area (Å²) in [4.78, 5) is 17.6. The Hall–Kier alpha value is -3.07. The Morgan fingerprint density at radius 3 is 2.74 bits per heavy atom. The number of nitrogens with zero attached hydrogens (tertiary/aromatic N) is 2. The Bertz CT molecular complexity index is 964. The van der Waals surface area contributed by atoms with E-state index in [1.165, 1.54) is 18.4 Å². The minimum absolute atomic E-state index is 0.405. The molecule has 4 rings (SSSR count). The smallest absolute Gasteiger partial charge is 0.323 e. The van der Waals surface area contributed by atoms with Gasteiger partial charge >= 0.3 is 6.03 Å². The number of hydrogen-bond acceptors (Lipinski definition) is 7. The molecular weight excluding hydrogens is 368 g/mol. The maximum absolute atomic E-state index is 12.5. The molecule has 27 heavy (non-hydrogen) atoms. The summed E-state index contributed by atoms with van der Waals surface area (Å²) >= 11 is 1.43. The number of methoxy groups -OCH3 is 2. The van der Waals surface area contributed by atoms with E-state index in [2.05, 4.69) is 20.8 Å². The largest absolute Gasteiger partial charge is 0.493 e. The van der Waals surface area contributed by atoms with Crippen LogP contribution in [0, 0.1) is 0 Å². The van der Waals surface area contributed by atoms with Crippen molar-refractivity contribution in [3.8, 4) is 22.3 Å². The maximum Gasteiger partial charge on any atom is 0.323 e. The van der Waals surface area contributed by atoms with Crippen LogP contribution in [-0.2, 0) is 0 Å². The van der Waals surface area contributed by atoms with Crippen molar-refractivity contribution in [3.05, 3.63) is 35.5 Å². The highest BCUT2D eigenvalue weighted by atomic mass is 32.1. The number of anilines is 2. The number of para-hydroxylation sites is 1. The molecule has 1 aliphatic rings. The van der Waals surface area contributed by atoms with Crippen LogP contribution < -0.4 is 20.1 Å². The molecule has 2 heterocycles. The fraction of sp³-hybridized carbons (Fsp3) is 0.278. The lowest BCUT2D eigenvalue weighted by Crippen LogP contribution is -2.20. The summed E-state index contributed by atoms with van der Waals surface area (Å²) in [5.41, 5.74) is 1.10. The third kappa shape index (κ3) is 3.59. The van der Waals surface area contributed by atoms with Gasteiger partial charge in [-0.3, -0.25) is 0 Å². The molecule has 0 atom stereocenters. The first-order valence-corrected chi connectivity index (χ1v) is 9.28. The Kier molecular flexibility index (Phi) is 4.68. The Morgan fingerprint density at radius 2 is 2.00 bits per heavy atom. The molecule has 1 saturated carbocycles. The molecule has 1 aliphatic carbocycles. The summed E-state index contributed by atoms with van der Waals surface area (Å²) < 4.78 is 15.9. The molecule has 3 aromatic rings. The first-order valence-electron chi connectivity index (χ1n) is 8.40. The van der Waals surface area contributed by atoms with E-state index in [0.717, 1.165) is 23.5 Å². The molecule has 1 aromatic carbocycles. The van der Waals surface area contributed by atoms with Gasteiger partial charge in [-0.15, -0.1) is 11.3 Å². The number of nitrogens with one attached hydrogen (secondary N) is 2. The number of hydrogen-bond donors (Lipinski definition) is 2. The van der Waals surface area contributed by atoms with Gasteiger partial charge in [-0.05, 0) is 36.4 Å². The van der Waals surface area contributed by atoms with Crippen molar-refractivity contribution < 1.29 is 18.8 Å². The quantitative estimate of drug-likeness (QED) is 0.654. The van der Waals surface area contributed by atoms with Gasteiger partial charge in [-0.2, -0.15) is 4.98 Å². The second-order valence-corrected chi connectivity index (χ2v) is 6.93. The lowest BCUT2D eigenvalue weighted by Gasteiger charge is -2.13. The van der Waals surface area contributed by atoms with Crippen LogP contribution in [0.4, 0.5) is 16.2 Å². The standard InChI is InChI=1S/C18H18N4O4S/c1-24-13-5-3-4-11(14(13)25-2)19-18(23)20-12-8-9-27-15(12)17-21-16(22-26-17)10-6-7-10/h3-5,8-10H,6-7H2,1-2H3,(H2,19,20,23). The molecule has 0 radical (unpaired) electrons. The fourth-order valence-corrected chi connectivity index (χ4v) is 3.44. The summed E-state index contributed by atoms with van der Waals surface area (Å²) in [7, 11) is 3.06. The number of amides is 2. The molecule has 9 heteroatoms. The average molecular weight is 386 g/mol. The summed E-state index contributed by atoms with van der Waals surface area (Å²) in [5.74, 6) is 2.54. The van der Waals surface area contributed by atoms with Crippen molar-refractivity contribution in [3.63, 3.8) is 0 Å². The molecular formula is C18H18N4O4S. The van der Waals surface area contributed by atoms with Crippen molar-refractivity contribution in [2.75, 3.05) is 24.9 Å². The van der Waals surface area contributed by atoms with Crippen LogP contribution in [0.25, 0.3) is 10.8 Å². The van der Waals surface area contributed by atoms with E-state index in [0.29, 0.717) is 34.7 Å². The zero-order valence-electron chi connectivity index (χ0n) is 14.8. The van der Waals surface area contributed by atoms with Crippen LogP contribution in [0.1, 0.15) is 24.6 Å². The highest BCUT2D eigenvalue weighted by Gasteiger charge is 2.29. The van der Waals surface area contributed by atoms with Gasteiger partial charge in [0.1, 0.15) is 4.88 Å². The van der Waals surface area contributed by atoms with Gasteiger partial charge < -0.3 is 24.6 Å². The highest BCUT2D eigenvalue weighted by Crippen LogP contribution is 2.40. The number of carbonyl (C=O) groups is 1. The van der Waals surface area contributed by atoms with E-state index in [4.69, 9.17) is 14.0 Å². The van der Waals surface area contributed by atoms with Gasteiger partial charge in [0, 0.05) is 5.92 Å². The fourth-order valence-electron chi connectivity index (χ4n) is 2.67. The summed E-state index contributed by atoms with van der Waals surface area (Å²) in [6, 6.07) is 6.64. The first-order chi connectivity index (χ1) is 13.2. The Morgan fingerprint density at radius 1 is 1.19 bits per heavy atom. The number of urea groups is 1. The molecule has 0 spiro atoms. The van der Waals surface area contributed by atoms with Crippen molar-refractivity contribution in [1.29, 1.82) is 0 Å². The number of aromatic nitrogens is 2. The molecule has 0 saturated heterocycles. The molecule has 2 aromatic heterocycles. The minimum atomic E-state index is -0.414. The molecule has 140 valence electrons. The normalized spacial score (nSPS) is 13.3. The number of thiophene rings is 1. The van der Waals surface area contributed by atoms with Gasteiger partial charge in [-0.1, -0.05) is 11.2 Å². The van der Waals surface area contributed by atoms with E-state index in [9.17, 15) is 4.79 Å². The molecule has 0 unspecified atom stereocenters. The lowest BCUT2D eigenvalue weighted by atomic mass is 10.2. The molecule has 2 amide bonds. The van der Waals surface area contributed by atoms with Crippen LogP contribution >= 0.6 is 11.3 Å². The molecule has 1 fully saturated rings. The monoisotopic (exact) mass is 386 g/mol. The van der Waals surface area contributed by atoms with Gasteiger partial charge in [-0.25, -0.2) is 4.79 Å². The van der Waals surface area contributed by atoms with Crippen molar-refractivity contribution in [1.82, 2.24) is 10.1 Å². The molecule has 0 aliphatic heterocycles. The number of ether oxygens (including phenoxy) is 2. The zero-order chi connectivity index (χ0) is 18.8. The lowest BCUT2D eigenvalue weighted by molar-refractivity contribution is 0.262. The first kappa shape index (κ1) is 17.3. The average Bonchev–Trinajstić information content (AvgIpc) is 3.23. The SMILES string of the molecule is COc1cccc(NC(=O)Nc2ccsc2-c2nc(C3CC3)no2)c1OC. The van der Waals surface area contributed by atoms with E-state index in [1.54, 1.807) is 31.4 Å². The van der Waals surface area contributed by atoms with Crippen LogP contribution in [0.5, 0.6) is 11.5 Å². The Labute approximate surface area is 159 Å². The van der Waals surface area contributed by atoms with Gasteiger partial charge in [0.05, 0.1) is 25.6 Å². The predicted molar refractivity (Wildman–Crippen MR) is 102 cm³/mol. The van der Waals surface area contributed by atoms with Crippen LogP contribution in [0.2, 0.25) is 0 Å². The van der Waals surface area contributed by atoms with Crippen LogP contribution in [-0.4, -0.2) is 30.4 Å². The summed E-state index contributed by atoms with van der Waals surface area (Å²) in [6.45, 7) is 0. The van der Waals surface area contributed by atoms with Crippen LogP contribution in [0.15, 0.2) is 34.2 Å². The Balaban J connectivity index is 1.50. The third-order valence-electron chi connectivity index (χ3n) is 4.14. The zero-order valence-corrected chi connectivity index (χ0v) is 15.6. The molecule has 8 nitrogen and oxygen atoms in total. The van der Waals surface area contributed by atoms with Crippen molar-refractivity contribution >= 4 is 28.7 Å². The van der Waals surface area contributed by atoms with E-state index in [1.807, 2.05) is 5.38 Å². The van der Waals surface area contributed by atoms with E-state index in [-0.39, 0.29) is 0 Å². The van der Waals surface area contributed by atoms with Crippen molar-refractivity contribution in [2.24, 2.45) is 0 Å². The summed E-state index contributed by atoms with van der Waals surface area (Å²) in [6.07, 6.45) is 2.19. The third-order valence-corrected chi connectivity index (χ3v) is 5.05. The van der Waals surface area contributed by atoms with Gasteiger partial charge in [0.25, 0.3) is 5.89 Å². The van der Waals surface area contributed by atoms with Gasteiger partial charge in [0.2, 0.25) is 0 Å². The van der Waals surface area contributed by atoms with E-state index < -0.39 is 6.03 Å². The van der Waals surface area contributed by atoms with Gasteiger partial charge in [0.15, 0.2) is 17.3 Å². The molecule has 2 N–H and O–H groups in total.